The van der Waals surface area contributed by atoms with Crippen molar-refractivity contribution in [3.63, 3.8) is 0 Å². The number of carbonyl (C=O) groups excluding carboxylic acids is 1. The summed E-state index contributed by atoms with van der Waals surface area (Å²) in [5.41, 5.74) is 2.23. The molecule has 0 unspecified atom stereocenters. The molecule has 8 nitrogen and oxygen atoms in total. The molecule has 11 heteroatoms. The number of halogens is 2. The van der Waals surface area contributed by atoms with Crippen LogP contribution in [0.25, 0.3) is 16.9 Å². The highest BCUT2D eigenvalue weighted by Gasteiger charge is 2.25. The number of anilines is 1. The Morgan fingerprint density at radius 1 is 1.08 bits per heavy atom. The number of amides is 1. The summed E-state index contributed by atoms with van der Waals surface area (Å²) in [6.45, 7) is 1.10. The molecule has 0 saturated carbocycles. The van der Waals surface area contributed by atoms with Crippen LogP contribution in [0.1, 0.15) is 19.3 Å². The Kier molecular flexibility index (Phi) is 7.50. The van der Waals surface area contributed by atoms with E-state index in [1.165, 1.54) is 0 Å². The molecule has 2 aromatic heterocycles. The molecule has 2 aromatic carbocycles. The number of likely N-dealkylation sites (tertiary alicyclic amines) is 1. The lowest BCUT2D eigenvalue weighted by Crippen LogP contribution is -2.43. The molecule has 192 valence electrons. The summed E-state index contributed by atoms with van der Waals surface area (Å²) >= 11 is 9.96. The number of hydrogen-bond acceptors (Lipinski definition) is 6. The van der Waals surface area contributed by atoms with Crippen molar-refractivity contribution < 1.29 is 13.2 Å². The number of sulfone groups is 1. The maximum atomic E-state index is 12.8. The molecular formula is C26H25BrClN5O3S. The van der Waals surface area contributed by atoms with Crippen LogP contribution in [0, 0.1) is 0 Å². The highest BCUT2D eigenvalue weighted by molar-refractivity contribution is 9.10. The second kappa shape index (κ2) is 10.8. The first-order valence-electron chi connectivity index (χ1n) is 11.9. The molecule has 0 spiro atoms. The predicted octanol–water partition coefficient (Wildman–Crippen LogP) is 5.08. The predicted molar refractivity (Wildman–Crippen MR) is 147 cm³/mol. The van der Waals surface area contributed by atoms with Gasteiger partial charge in [0.2, 0.25) is 5.91 Å². The standard InChI is InChI=1S/C26H25BrClN5O3S/c27-21-17-29-33-24(16-23(31-26(21)33)20-8-4-5-9-22(20)28)30-18-10-13-32(14-11-18)25(34)12-15-37(35,36)19-6-2-1-3-7-19/h1-9,16-18,30H,10-15H2. The van der Waals surface area contributed by atoms with Gasteiger partial charge in [0, 0.05) is 42.2 Å². The molecule has 3 heterocycles. The third-order valence-corrected chi connectivity index (χ3v) is 9.09. The number of fused-ring (bicyclic) bond motifs is 1. The van der Waals surface area contributed by atoms with Crippen LogP contribution in [0.5, 0.6) is 0 Å². The Morgan fingerprint density at radius 3 is 2.51 bits per heavy atom. The molecule has 37 heavy (non-hydrogen) atoms. The fourth-order valence-electron chi connectivity index (χ4n) is 4.45. The first kappa shape index (κ1) is 25.7. The molecule has 1 saturated heterocycles. The molecule has 1 N–H and O–H groups in total. The van der Waals surface area contributed by atoms with Crippen molar-refractivity contribution in [3.05, 3.63) is 76.4 Å². The summed E-state index contributed by atoms with van der Waals surface area (Å²) in [6, 6.07) is 17.9. The number of nitrogens with zero attached hydrogens (tertiary/aromatic N) is 4. The largest absolute Gasteiger partial charge is 0.367 e. The van der Waals surface area contributed by atoms with E-state index in [-0.39, 0.29) is 29.0 Å². The monoisotopic (exact) mass is 601 g/mol. The van der Waals surface area contributed by atoms with Crippen molar-refractivity contribution in [1.82, 2.24) is 19.5 Å². The van der Waals surface area contributed by atoms with E-state index in [1.807, 2.05) is 30.3 Å². The average Bonchev–Trinajstić information content (AvgIpc) is 3.29. The number of hydrogen-bond donors (Lipinski definition) is 1. The molecule has 1 aliphatic heterocycles. The van der Waals surface area contributed by atoms with E-state index in [0.29, 0.717) is 23.8 Å². The number of benzene rings is 2. The minimum Gasteiger partial charge on any atom is -0.367 e. The van der Waals surface area contributed by atoms with Gasteiger partial charge in [-0.15, -0.1) is 0 Å². The lowest BCUT2D eigenvalue weighted by Gasteiger charge is -2.33. The van der Waals surface area contributed by atoms with E-state index < -0.39 is 9.84 Å². The van der Waals surface area contributed by atoms with Crippen molar-refractivity contribution in [1.29, 1.82) is 0 Å². The van der Waals surface area contributed by atoms with Gasteiger partial charge in [-0.25, -0.2) is 13.4 Å². The maximum absolute atomic E-state index is 12.8. The Hall–Kier alpha value is -2.95. The van der Waals surface area contributed by atoms with Crippen molar-refractivity contribution >= 4 is 54.7 Å². The van der Waals surface area contributed by atoms with Gasteiger partial charge in [0.05, 0.1) is 27.0 Å². The van der Waals surface area contributed by atoms with Gasteiger partial charge < -0.3 is 10.2 Å². The van der Waals surface area contributed by atoms with E-state index in [1.54, 1.807) is 45.9 Å². The van der Waals surface area contributed by atoms with Crippen LogP contribution >= 0.6 is 27.5 Å². The summed E-state index contributed by atoms with van der Waals surface area (Å²) in [5.74, 6) is 0.452. The lowest BCUT2D eigenvalue weighted by molar-refractivity contribution is -0.131. The Morgan fingerprint density at radius 2 is 1.78 bits per heavy atom. The fourth-order valence-corrected chi connectivity index (χ4v) is 6.29. The first-order valence-corrected chi connectivity index (χ1v) is 14.8. The Balaban J connectivity index is 1.24. The van der Waals surface area contributed by atoms with Gasteiger partial charge in [0.15, 0.2) is 15.5 Å². The second-order valence-corrected chi connectivity index (χ2v) is 12.3. The van der Waals surface area contributed by atoms with E-state index in [2.05, 4.69) is 26.3 Å². The van der Waals surface area contributed by atoms with Crippen LogP contribution in [-0.4, -0.2) is 58.7 Å². The minimum atomic E-state index is -3.48. The van der Waals surface area contributed by atoms with Crippen LogP contribution in [-0.2, 0) is 14.6 Å². The smallest absolute Gasteiger partial charge is 0.223 e. The number of nitrogens with one attached hydrogen (secondary N) is 1. The molecule has 0 aliphatic carbocycles. The average molecular weight is 603 g/mol. The highest BCUT2D eigenvalue weighted by atomic mass is 79.9. The van der Waals surface area contributed by atoms with Gasteiger partial charge in [-0.2, -0.15) is 9.61 Å². The molecule has 1 fully saturated rings. The van der Waals surface area contributed by atoms with Crippen LogP contribution < -0.4 is 5.32 Å². The third kappa shape index (κ3) is 5.66. The molecule has 0 atom stereocenters. The topological polar surface area (TPSA) is 96.7 Å². The van der Waals surface area contributed by atoms with Crippen LogP contribution in [0.4, 0.5) is 5.82 Å². The molecular weight excluding hydrogens is 578 g/mol. The van der Waals surface area contributed by atoms with Crippen molar-refractivity contribution in [2.24, 2.45) is 0 Å². The fraction of sp³-hybridized carbons (Fsp3) is 0.269. The SMILES string of the molecule is O=C(CCS(=O)(=O)c1ccccc1)N1CCC(Nc2cc(-c3ccccc3Cl)nc3c(Br)cnn23)CC1. The molecule has 1 aliphatic rings. The third-order valence-electron chi connectivity index (χ3n) is 6.47. The summed E-state index contributed by atoms with van der Waals surface area (Å²) in [7, 11) is -3.48. The van der Waals surface area contributed by atoms with Gasteiger partial charge >= 0.3 is 0 Å². The molecule has 4 aromatic rings. The van der Waals surface area contributed by atoms with Gasteiger partial charge in [-0.05, 0) is 47.0 Å². The van der Waals surface area contributed by atoms with Gasteiger partial charge in [-0.1, -0.05) is 48.0 Å². The zero-order valence-electron chi connectivity index (χ0n) is 19.8. The molecule has 5 rings (SSSR count). The zero-order chi connectivity index (χ0) is 26.0. The van der Waals surface area contributed by atoms with Crippen LogP contribution in [0.3, 0.4) is 0 Å². The normalized spacial score (nSPS) is 14.7. The van der Waals surface area contributed by atoms with Gasteiger partial charge in [0.1, 0.15) is 5.82 Å². The number of aromatic nitrogens is 3. The zero-order valence-corrected chi connectivity index (χ0v) is 23.0. The highest BCUT2D eigenvalue weighted by Crippen LogP contribution is 2.31. The summed E-state index contributed by atoms with van der Waals surface area (Å²) < 4.78 is 27.6. The Labute approximate surface area is 228 Å². The van der Waals surface area contributed by atoms with Crippen LogP contribution in [0.15, 0.2) is 76.2 Å². The first-order chi connectivity index (χ1) is 17.8. The summed E-state index contributed by atoms with van der Waals surface area (Å²) in [6.07, 6.45) is 3.13. The Bertz CT molecular complexity index is 1540. The molecule has 0 radical (unpaired) electrons. The summed E-state index contributed by atoms with van der Waals surface area (Å²) in [5, 5.41) is 8.63. The lowest BCUT2D eigenvalue weighted by atomic mass is 10.0. The van der Waals surface area contributed by atoms with Crippen molar-refractivity contribution in [3.8, 4) is 11.3 Å². The van der Waals surface area contributed by atoms with E-state index >= 15 is 0 Å². The molecule has 0 bridgehead atoms. The summed E-state index contributed by atoms with van der Waals surface area (Å²) in [4.78, 5) is 19.5. The maximum Gasteiger partial charge on any atom is 0.223 e. The van der Waals surface area contributed by atoms with Crippen molar-refractivity contribution in [2.75, 3.05) is 24.2 Å². The van der Waals surface area contributed by atoms with Crippen molar-refractivity contribution in [2.45, 2.75) is 30.2 Å². The molecule has 1 amide bonds. The van der Waals surface area contributed by atoms with E-state index in [0.717, 1.165) is 34.4 Å². The number of carbonyl (C=O) groups is 1. The quantitative estimate of drug-likeness (QED) is 0.317. The van der Waals surface area contributed by atoms with E-state index in [4.69, 9.17) is 16.6 Å². The number of rotatable bonds is 7. The van der Waals surface area contributed by atoms with Gasteiger partial charge in [0.25, 0.3) is 0 Å². The number of piperidine rings is 1. The van der Waals surface area contributed by atoms with E-state index in [9.17, 15) is 13.2 Å². The van der Waals surface area contributed by atoms with Gasteiger partial charge in [-0.3, -0.25) is 4.79 Å². The minimum absolute atomic E-state index is 0.0250. The van der Waals surface area contributed by atoms with Crippen LogP contribution in [0.2, 0.25) is 5.02 Å². The second-order valence-electron chi connectivity index (χ2n) is 8.92.